The number of hydrogen-bond acceptors (Lipinski definition) is 8. The normalized spacial score (nSPS) is 11.2. The predicted molar refractivity (Wildman–Crippen MR) is 115 cm³/mol. The second kappa shape index (κ2) is 8.88. The average Bonchev–Trinajstić information content (AvgIpc) is 3.44. The third-order valence-electron chi connectivity index (χ3n) is 4.89. The molecule has 10 nitrogen and oxygen atoms in total. The first-order valence-corrected chi connectivity index (χ1v) is 10.2. The Hall–Kier alpha value is -4.21. The van der Waals surface area contributed by atoms with Crippen molar-refractivity contribution >= 4 is 22.0 Å². The van der Waals surface area contributed by atoms with Crippen molar-refractivity contribution in [2.75, 3.05) is 6.61 Å². The molecule has 0 radical (unpaired) electrons. The van der Waals surface area contributed by atoms with Crippen LogP contribution in [0.2, 0.25) is 0 Å². The zero-order valence-corrected chi connectivity index (χ0v) is 17.1. The van der Waals surface area contributed by atoms with Gasteiger partial charge in [0.25, 0.3) is 0 Å². The molecule has 2 aromatic carbocycles. The summed E-state index contributed by atoms with van der Waals surface area (Å²) in [7, 11) is 0. The van der Waals surface area contributed by atoms with Crippen LogP contribution >= 0.6 is 0 Å². The number of benzene rings is 2. The van der Waals surface area contributed by atoms with E-state index in [2.05, 4.69) is 20.6 Å². The molecule has 0 saturated carbocycles. The Morgan fingerprint density at radius 3 is 2.81 bits per heavy atom. The lowest BCUT2D eigenvalue weighted by molar-refractivity contribution is 0.0731. The molecule has 5 rings (SSSR count). The fraction of sp³-hybridized carbons (Fsp3) is 0.227. The Kier molecular flexibility index (Phi) is 5.48. The molecule has 0 unspecified atom stereocenters. The summed E-state index contributed by atoms with van der Waals surface area (Å²) >= 11 is 0. The first-order chi connectivity index (χ1) is 15.8. The van der Waals surface area contributed by atoms with Gasteiger partial charge in [-0.25, -0.2) is 4.79 Å². The molecule has 0 aliphatic heterocycles. The first kappa shape index (κ1) is 19.7. The molecule has 0 fully saturated rings. The standard InChI is InChI=1S/C22H20N6O4/c29-22-13-21(17-7-1-4-10-20(17)32-22)30-12-6-5-11-27-14-16(23-25-27)15-31-28-19-9-3-2-8-18(19)24-26-28/h1-4,7-10,13-14H,5-6,11-12,15H2. The maximum atomic E-state index is 11.7. The summed E-state index contributed by atoms with van der Waals surface area (Å²) in [4.78, 5) is 18.7. The summed E-state index contributed by atoms with van der Waals surface area (Å²) in [5, 5.41) is 17.1. The Morgan fingerprint density at radius 2 is 1.84 bits per heavy atom. The highest BCUT2D eigenvalue weighted by Gasteiger charge is 2.08. The largest absolute Gasteiger partial charge is 0.493 e. The van der Waals surface area contributed by atoms with Gasteiger partial charge in [-0.15, -0.1) is 10.2 Å². The van der Waals surface area contributed by atoms with Crippen LogP contribution in [0, 0.1) is 0 Å². The second-order valence-electron chi connectivity index (χ2n) is 7.18. The van der Waals surface area contributed by atoms with Gasteiger partial charge in [-0.1, -0.05) is 34.3 Å². The number of aryl methyl sites for hydroxylation is 1. The van der Waals surface area contributed by atoms with Crippen molar-refractivity contribution in [3.63, 3.8) is 0 Å². The smallest absolute Gasteiger partial charge is 0.339 e. The summed E-state index contributed by atoms with van der Waals surface area (Å²) in [6.07, 6.45) is 3.48. The van der Waals surface area contributed by atoms with Crippen molar-refractivity contribution in [1.82, 2.24) is 30.2 Å². The van der Waals surface area contributed by atoms with Gasteiger partial charge in [0, 0.05) is 6.54 Å². The fourth-order valence-corrected chi connectivity index (χ4v) is 3.34. The maximum absolute atomic E-state index is 11.7. The van der Waals surface area contributed by atoms with Crippen LogP contribution in [-0.4, -0.2) is 36.8 Å². The van der Waals surface area contributed by atoms with Crippen molar-refractivity contribution in [1.29, 1.82) is 0 Å². The van der Waals surface area contributed by atoms with Gasteiger partial charge in [0.1, 0.15) is 28.1 Å². The van der Waals surface area contributed by atoms with Gasteiger partial charge in [-0.2, -0.15) is 0 Å². The van der Waals surface area contributed by atoms with E-state index in [1.807, 2.05) is 48.7 Å². The highest BCUT2D eigenvalue weighted by atomic mass is 16.7. The quantitative estimate of drug-likeness (QED) is 0.258. The van der Waals surface area contributed by atoms with E-state index in [1.54, 1.807) is 10.7 Å². The Bertz CT molecular complexity index is 1410. The number of fused-ring (bicyclic) bond motifs is 2. The van der Waals surface area contributed by atoms with Crippen LogP contribution in [0.1, 0.15) is 18.5 Å². The summed E-state index contributed by atoms with van der Waals surface area (Å²) in [6, 6.07) is 16.3. The van der Waals surface area contributed by atoms with E-state index in [0.717, 1.165) is 29.3 Å². The first-order valence-electron chi connectivity index (χ1n) is 10.2. The minimum absolute atomic E-state index is 0.236. The number of hydrogen-bond donors (Lipinski definition) is 0. The molecule has 0 saturated heterocycles. The van der Waals surface area contributed by atoms with Gasteiger partial charge >= 0.3 is 5.63 Å². The van der Waals surface area contributed by atoms with Crippen LogP contribution in [-0.2, 0) is 13.2 Å². The Balaban J connectivity index is 1.09. The van der Waals surface area contributed by atoms with Crippen molar-refractivity contribution in [2.45, 2.75) is 26.0 Å². The molecule has 162 valence electrons. The van der Waals surface area contributed by atoms with Crippen LogP contribution in [0.4, 0.5) is 0 Å². The summed E-state index contributed by atoms with van der Waals surface area (Å²) in [5.74, 6) is 0.540. The average molecular weight is 432 g/mol. The molecule has 32 heavy (non-hydrogen) atoms. The molecule has 0 bridgehead atoms. The Morgan fingerprint density at radius 1 is 0.969 bits per heavy atom. The number of nitrogens with zero attached hydrogens (tertiary/aromatic N) is 6. The number of para-hydroxylation sites is 2. The van der Waals surface area contributed by atoms with Crippen LogP contribution in [0.25, 0.3) is 22.0 Å². The molecule has 3 aromatic heterocycles. The molecule has 0 aliphatic rings. The predicted octanol–water partition coefficient (Wildman–Crippen LogP) is 2.62. The lowest BCUT2D eigenvalue weighted by Gasteiger charge is -2.08. The molecule has 0 aliphatic carbocycles. The van der Waals surface area contributed by atoms with Crippen molar-refractivity contribution in [3.05, 3.63) is 76.9 Å². The van der Waals surface area contributed by atoms with Gasteiger partial charge in [0.15, 0.2) is 6.61 Å². The van der Waals surface area contributed by atoms with Crippen molar-refractivity contribution < 1.29 is 14.0 Å². The minimum Gasteiger partial charge on any atom is -0.493 e. The monoisotopic (exact) mass is 432 g/mol. The third kappa shape index (κ3) is 4.29. The van der Waals surface area contributed by atoms with Crippen LogP contribution in [0.15, 0.2) is 70.0 Å². The van der Waals surface area contributed by atoms with Gasteiger partial charge in [-0.3, -0.25) is 4.68 Å². The SMILES string of the molecule is O=c1cc(OCCCCn2cc(COn3nnc4ccccc43)nn2)c2ccccc2o1. The lowest BCUT2D eigenvalue weighted by Crippen LogP contribution is -2.13. The molecule has 5 aromatic rings. The van der Waals surface area contributed by atoms with Gasteiger partial charge in [-0.05, 0) is 42.3 Å². The highest BCUT2D eigenvalue weighted by Crippen LogP contribution is 2.23. The molecule has 0 spiro atoms. The minimum atomic E-state index is -0.421. The zero-order valence-electron chi connectivity index (χ0n) is 17.1. The number of unbranched alkanes of at least 4 members (excludes halogenated alkanes) is 1. The van der Waals surface area contributed by atoms with Crippen LogP contribution < -0.4 is 15.2 Å². The van der Waals surface area contributed by atoms with Crippen LogP contribution in [0.3, 0.4) is 0 Å². The van der Waals surface area contributed by atoms with E-state index < -0.39 is 5.63 Å². The molecule has 0 amide bonds. The van der Waals surface area contributed by atoms with Gasteiger partial charge < -0.3 is 14.0 Å². The van der Waals surface area contributed by atoms with E-state index in [-0.39, 0.29) is 6.61 Å². The van der Waals surface area contributed by atoms with E-state index in [0.29, 0.717) is 30.2 Å². The highest BCUT2D eigenvalue weighted by molar-refractivity contribution is 5.82. The van der Waals surface area contributed by atoms with E-state index in [4.69, 9.17) is 14.0 Å². The van der Waals surface area contributed by atoms with Crippen LogP contribution in [0.5, 0.6) is 5.75 Å². The molecular weight excluding hydrogens is 412 g/mol. The van der Waals surface area contributed by atoms with Gasteiger partial charge in [0.2, 0.25) is 0 Å². The maximum Gasteiger partial charge on any atom is 0.339 e. The zero-order chi connectivity index (χ0) is 21.8. The number of ether oxygens (including phenoxy) is 1. The van der Waals surface area contributed by atoms with Gasteiger partial charge in [0.05, 0.1) is 24.3 Å². The van der Waals surface area contributed by atoms with E-state index in [9.17, 15) is 4.79 Å². The van der Waals surface area contributed by atoms with Crippen molar-refractivity contribution in [3.8, 4) is 5.75 Å². The van der Waals surface area contributed by atoms with E-state index >= 15 is 0 Å². The second-order valence-corrected chi connectivity index (χ2v) is 7.18. The summed E-state index contributed by atoms with van der Waals surface area (Å²) < 4.78 is 12.8. The lowest BCUT2D eigenvalue weighted by atomic mass is 10.2. The number of rotatable bonds is 9. The molecule has 10 heteroatoms. The van der Waals surface area contributed by atoms with Crippen molar-refractivity contribution in [2.24, 2.45) is 0 Å². The third-order valence-corrected chi connectivity index (χ3v) is 4.89. The summed E-state index contributed by atoms with van der Waals surface area (Å²) in [6.45, 7) is 1.41. The molecular formula is C22H20N6O4. The van der Waals surface area contributed by atoms with E-state index in [1.165, 1.54) is 10.9 Å². The molecule has 0 atom stereocenters. The summed E-state index contributed by atoms with van der Waals surface area (Å²) in [5.41, 5.74) is 2.36. The number of aromatic nitrogens is 6. The molecule has 3 heterocycles. The Labute approximate surface area is 181 Å². The topological polar surface area (TPSA) is 110 Å². The molecule has 0 N–H and O–H groups in total. The fourth-order valence-electron chi connectivity index (χ4n) is 3.34.